The molecule has 158 valence electrons. The molecule has 0 spiro atoms. The first-order valence-electron chi connectivity index (χ1n) is 9.13. The quantitative estimate of drug-likeness (QED) is 0.558. The lowest BCUT2D eigenvalue weighted by Crippen LogP contribution is -2.43. The summed E-state index contributed by atoms with van der Waals surface area (Å²) in [5.41, 5.74) is 0.0694. The smallest absolute Gasteiger partial charge is 0.350 e. The van der Waals surface area contributed by atoms with Crippen LogP contribution in [0.1, 0.15) is 22.0 Å². The summed E-state index contributed by atoms with van der Waals surface area (Å²) in [6, 6.07) is 15.4. The highest BCUT2D eigenvalue weighted by atomic mass is 32.1. The first-order valence-corrected chi connectivity index (χ1v) is 10.0. The molecule has 0 saturated heterocycles. The van der Waals surface area contributed by atoms with Crippen molar-refractivity contribution in [2.24, 2.45) is 0 Å². The predicted molar refractivity (Wildman–Crippen MR) is 113 cm³/mol. The van der Waals surface area contributed by atoms with Crippen LogP contribution in [-0.4, -0.2) is 11.8 Å². The summed E-state index contributed by atoms with van der Waals surface area (Å²) in [5.74, 6) is 0.624. The summed E-state index contributed by atoms with van der Waals surface area (Å²) in [4.78, 5) is 27.3. The minimum absolute atomic E-state index is 0.0872. The molecule has 0 saturated carbocycles. The number of hydrogen-bond donors (Lipinski definition) is 1. The molecule has 0 aliphatic rings. The first-order chi connectivity index (χ1) is 14.8. The third-order valence-corrected chi connectivity index (χ3v) is 5.37. The van der Waals surface area contributed by atoms with Gasteiger partial charge in [0.15, 0.2) is 6.04 Å². The van der Waals surface area contributed by atoms with Crippen LogP contribution in [0.15, 0.2) is 72.1 Å². The molecule has 31 heavy (non-hydrogen) atoms. The van der Waals surface area contributed by atoms with Crippen molar-refractivity contribution in [2.75, 3.05) is 4.90 Å². The third-order valence-electron chi connectivity index (χ3n) is 4.44. The number of anilines is 1. The van der Waals surface area contributed by atoms with Crippen LogP contribution in [0.4, 0.5) is 18.9 Å². The third kappa shape index (κ3) is 5.32. The van der Waals surface area contributed by atoms with E-state index in [9.17, 15) is 22.8 Å². The topological polar surface area (TPSA) is 49.4 Å². The van der Waals surface area contributed by atoms with E-state index in [4.69, 9.17) is 6.42 Å². The molecule has 1 unspecified atom stereocenters. The number of nitrogens with one attached hydrogen (secondary N) is 1. The van der Waals surface area contributed by atoms with Gasteiger partial charge in [0, 0.05) is 17.1 Å². The molecule has 2 aromatic carbocycles. The van der Waals surface area contributed by atoms with Crippen LogP contribution in [0.5, 0.6) is 0 Å². The number of amides is 2. The number of carbonyl (C=O) groups excluding carboxylic acids is 2. The Morgan fingerprint density at radius 1 is 1.03 bits per heavy atom. The molecule has 2 amide bonds. The molecule has 0 aliphatic heterocycles. The molecule has 0 aliphatic carbocycles. The van der Waals surface area contributed by atoms with Gasteiger partial charge in [0.2, 0.25) is 5.91 Å². The number of nitrogens with zero attached hydrogens (tertiary/aromatic N) is 1. The van der Waals surface area contributed by atoms with Crippen molar-refractivity contribution < 1.29 is 22.8 Å². The van der Waals surface area contributed by atoms with Gasteiger partial charge in [0.25, 0.3) is 0 Å². The summed E-state index contributed by atoms with van der Waals surface area (Å²) in [7, 11) is 0. The highest BCUT2D eigenvalue weighted by Crippen LogP contribution is 2.34. The van der Waals surface area contributed by atoms with Gasteiger partial charge in [-0.15, -0.1) is 17.8 Å². The minimum Gasteiger partial charge on any atom is -0.350 e. The highest BCUT2D eigenvalue weighted by Gasteiger charge is 2.34. The van der Waals surface area contributed by atoms with Gasteiger partial charge in [-0.3, -0.25) is 14.5 Å². The zero-order chi connectivity index (χ0) is 22.4. The summed E-state index contributed by atoms with van der Waals surface area (Å²) in [6.45, 7) is 0.215. The number of rotatable bonds is 6. The number of benzene rings is 2. The molecule has 0 radical (unpaired) electrons. The Morgan fingerprint density at radius 2 is 1.71 bits per heavy atom. The molecule has 0 fully saturated rings. The number of terminal acetylenes is 1. The van der Waals surface area contributed by atoms with E-state index in [1.165, 1.54) is 11.3 Å². The lowest BCUT2D eigenvalue weighted by atomic mass is 10.1. The van der Waals surface area contributed by atoms with Gasteiger partial charge < -0.3 is 5.32 Å². The highest BCUT2D eigenvalue weighted by molar-refractivity contribution is 7.10. The van der Waals surface area contributed by atoms with Crippen molar-refractivity contribution in [2.45, 2.75) is 18.8 Å². The first kappa shape index (κ1) is 22.1. The summed E-state index contributed by atoms with van der Waals surface area (Å²) >= 11 is 1.24. The molecule has 1 heterocycles. The Balaban J connectivity index is 1.96. The maximum absolute atomic E-state index is 13.1. The van der Waals surface area contributed by atoms with Crippen LogP contribution in [-0.2, 0) is 22.3 Å². The fourth-order valence-corrected chi connectivity index (χ4v) is 3.78. The molecule has 1 aromatic heterocycles. The normalized spacial score (nSPS) is 11.9. The van der Waals surface area contributed by atoms with Crippen LogP contribution < -0.4 is 10.2 Å². The summed E-state index contributed by atoms with van der Waals surface area (Å²) in [5, 5.41) is 4.51. The van der Waals surface area contributed by atoms with E-state index < -0.39 is 29.6 Å². The van der Waals surface area contributed by atoms with Crippen LogP contribution in [0.25, 0.3) is 0 Å². The maximum atomic E-state index is 13.1. The van der Waals surface area contributed by atoms with E-state index in [0.717, 1.165) is 34.7 Å². The Hall–Kier alpha value is -3.57. The number of hydrogen-bond acceptors (Lipinski definition) is 3. The Morgan fingerprint density at radius 3 is 2.26 bits per heavy atom. The second-order valence-electron chi connectivity index (χ2n) is 6.49. The fraction of sp³-hybridized carbons (Fsp3) is 0.130. The van der Waals surface area contributed by atoms with Gasteiger partial charge in [0.05, 0.1) is 5.56 Å². The van der Waals surface area contributed by atoms with Gasteiger partial charge >= 0.3 is 12.1 Å². The number of thiophene rings is 1. The van der Waals surface area contributed by atoms with Gasteiger partial charge in [-0.1, -0.05) is 36.4 Å². The van der Waals surface area contributed by atoms with Crippen molar-refractivity contribution in [3.8, 4) is 12.3 Å². The Kier molecular flexibility index (Phi) is 6.78. The Labute approximate surface area is 181 Å². The molecular formula is C23H17F3N2O2S. The van der Waals surface area contributed by atoms with E-state index in [2.05, 4.69) is 5.32 Å². The minimum atomic E-state index is -4.53. The zero-order valence-corrected chi connectivity index (χ0v) is 16.9. The SMILES string of the molecule is C#CC(=O)N(c1ccc(C(F)(F)F)cc1)C(C(=O)NCc1ccccc1)c1cccs1. The monoisotopic (exact) mass is 442 g/mol. The number of alkyl halides is 3. The van der Waals surface area contributed by atoms with Crippen LogP contribution in [0, 0.1) is 12.3 Å². The molecular weight excluding hydrogens is 425 g/mol. The standard InChI is InChI=1S/C23H17F3N2O2S/c1-2-20(29)28(18-12-10-17(11-13-18)23(24,25)26)21(19-9-6-14-31-19)22(30)27-15-16-7-4-3-5-8-16/h1,3-14,21H,15H2,(H,27,30). The van der Waals surface area contributed by atoms with Crippen LogP contribution in [0.2, 0.25) is 0 Å². The van der Waals surface area contributed by atoms with Crippen molar-refractivity contribution in [3.63, 3.8) is 0 Å². The largest absolute Gasteiger partial charge is 0.416 e. The van der Waals surface area contributed by atoms with Gasteiger partial charge in [-0.2, -0.15) is 13.2 Å². The molecule has 0 bridgehead atoms. The van der Waals surface area contributed by atoms with Crippen molar-refractivity contribution >= 4 is 28.8 Å². The van der Waals surface area contributed by atoms with Crippen molar-refractivity contribution in [1.82, 2.24) is 5.32 Å². The molecule has 1 N–H and O–H groups in total. The second kappa shape index (κ2) is 9.49. The average molecular weight is 442 g/mol. The number of halogens is 3. The van der Waals surface area contributed by atoms with Gasteiger partial charge in [-0.05, 0) is 47.2 Å². The van der Waals surface area contributed by atoms with Crippen LogP contribution >= 0.6 is 11.3 Å². The predicted octanol–water partition coefficient (Wildman–Crippen LogP) is 4.79. The summed E-state index contributed by atoms with van der Waals surface area (Å²) < 4.78 is 38.8. The molecule has 3 rings (SSSR count). The molecule has 1 atom stereocenters. The molecule has 4 nitrogen and oxygen atoms in total. The van der Waals surface area contributed by atoms with Gasteiger partial charge in [-0.25, -0.2) is 0 Å². The van der Waals surface area contributed by atoms with E-state index in [0.29, 0.717) is 4.88 Å². The van der Waals surface area contributed by atoms with E-state index >= 15 is 0 Å². The van der Waals surface area contributed by atoms with E-state index in [1.807, 2.05) is 36.3 Å². The molecule has 3 aromatic rings. The second-order valence-corrected chi connectivity index (χ2v) is 7.46. The van der Waals surface area contributed by atoms with Gasteiger partial charge in [0.1, 0.15) is 0 Å². The van der Waals surface area contributed by atoms with E-state index in [-0.39, 0.29) is 12.2 Å². The Bertz CT molecular complexity index is 1070. The average Bonchev–Trinajstić information content (AvgIpc) is 3.30. The number of carbonyl (C=O) groups is 2. The molecule has 8 heteroatoms. The fourth-order valence-electron chi connectivity index (χ4n) is 2.97. The maximum Gasteiger partial charge on any atom is 0.416 e. The zero-order valence-electron chi connectivity index (χ0n) is 16.1. The van der Waals surface area contributed by atoms with Crippen molar-refractivity contribution in [3.05, 3.63) is 88.1 Å². The lowest BCUT2D eigenvalue weighted by Gasteiger charge is -2.29. The van der Waals surface area contributed by atoms with Crippen molar-refractivity contribution in [1.29, 1.82) is 0 Å². The summed E-state index contributed by atoms with van der Waals surface area (Å²) in [6.07, 6.45) is 0.788. The van der Waals surface area contributed by atoms with Crippen LogP contribution in [0.3, 0.4) is 0 Å². The van der Waals surface area contributed by atoms with E-state index in [1.54, 1.807) is 17.5 Å². The lowest BCUT2D eigenvalue weighted by molar-refractivity contribution is -0.137.